The summed E-state index contributed by atoms with van der Waals surface area (Å²) < 4.78 is 2.27. The van der Waals surface area contributed by atoms with E-state index in [2.05, 4.69) is 46.5 Å². The van der Waals surface area contributed by atoms with Gasteiger partial charge in [0.05, 0.1) is 12.4 Å². The minimum atomic E-state index is 0.0611. The van der Waals surface area contributed by atoms with Gasteiger partial charge in [-0.05, 0) is 32.6 Å². The summed E-state index contributed by atoms with van der Waals surface area (Å²) >= 11 is 0. The third kappa shape index (κ3) is 3.13. The van der Waals surface area contributed by atoms with Crippen LogP contribution in [0.25, 0.3) is 0 Å². The average Bonchev–Trinajstić information content (AvgIpc) is 3.17. The maximum Gasteiger partial charge on any atom is 0.186 e. The monoisotopic (exact) mass is 301 g/mol. The van der Waals surface area contributed by atoms with E-state index < -0.39 is 0 Å². The SMILES string of the molecule is CC=C(C)Cc1c(C2CCCCC2)cc[s+]1-n1ccnc1. The van der Waals surface area contributed by atoms with Crippen LogP contribution in [0.15, 0.2) is 41.8 Å². The molecule has 3 rings (SSSR count). The Labute approximate surface area is 130 Å². The summed E-state index contributed by atoms with van der Waals surface area (Å²) in [5, 5.41) is 2.39. The number of hydrogen-bond acceptors (Lipinski definition) is 1. The number of aromatic nitrogens is 2. The number of imidazole rings is 1. The third-order valence-corrected chi connectivity index (χ3v) is 6.58. The molecule has 0 saturated heterocycles. The first-order chi connectivity index (χ1) is 10.3. The Morgan fingerprint density at radius 3 is 2.86 bits per heavy atom. The summed E-state index contributed by atoms with van der Waals surface area (Å²) in [6, 6.07) is 2.41. The summed E-state index contributed by atoms with van der Waals surface area (Å²) in [5.74, 6) is 0.788. The van der Waals surface area contributed by atoms with Crippen molar-refractivity contribution in [2.45, 2.75) is 58.3 Å². The van der Waals surface area contributed by atoms with Gasteiger partial charge in [0.1, 0.15) is 17.0 Å². The summed E-state index contributed by atoms with van der Waals surface area (Å²) in [7, 11) is 0.0611. The molecule has 21 heavy (non-hydrogen) atoms. The van der Waals surface area contributed by atoms with E-state index >= 15 is 0 Å². The van der Waals surface area contributed by atoms with Gasteiger partial charge in [0.25, 0.3) is 0 Å². The van der Waals surface area contributed by atoms with Crippen molar-refractivity contribution < 1.29 is 0 Å². The molecule has 1 atom stereocenters. The van der Waals surface area contributed by atoms with Crippen LogP contribution < -0.4 is 0 Å². The topological polar surface area (TPSA) is 17.8 Å². The second-order valence-electron chi connectivity index (χ2n) is 6.07. The zero-order chi connectivity index (χ0) is 14.7. The number of thiophene rings is 1. The van der Waals surface area contributed by atoms with Crippen molar-refractivity contribution >= 4 is 10.7 Å². The Hall–Kier alpha value is -1.35. The van der Waals surface area contributed by atoms with Gasteiger partial charge in [0.2, 0.25) is 0 Å². The van der Waals surface area contributed by atoms with Crippen molar-refractivity contribution in [3.05, 3.63) is 52.3 Å². The minimum Gasteiger partial charge on any atom is -0.240 e. The quantitative estimate of drug-likeness (QED) is 0.538. The van der Waals surface area contributed by atoms with Gasteiger partial charge in [-0.25, -0.2) is 4.98 Å². The van der Waals surface area contributed by atoms with E-state index in [1.807, 2.05) is 12.5 Å². The van der Waals surface area contributed by atoms with E-state index in [0.717, 1.165) is 12.3 Å². The van der Waals surface area contributed by atoms with Crippen LogP contribution in [-0.4, -0.2) is 8.96 Å². The molecule has 1 aliphatic rings. The van der Waals surface area contributed by atoms with Crippen LogP contribution >= 0.6 is 10.7 Å². The van der Waals surface area contributed by atoms with E-state index in [9.17, 15) is 0 Å². The predicted octanol–water partition coefficient (Wildman–Crippen LogP) is 5.50. The molecule has 2 aromatic rings. The molecule has 2 nitrogen and oxygen atoms in total. The first-order valence-electron chi connectivity index (χ1n) is 8.04. The second-order valence-corrected chi connectivity index (χ2v) is 7.88. The fraction of sp³-hybridized carbons (Fsp3) is 0.500. The lowest BCUT2D eigenvalue weighted by atomic mass is 9.84. The van der Waals surface area contributed by atoms with Gasteiger partial charge in [0, 0.05) is 18.1 Å². The predicted molar refractivity (Wildman–Crippen MR) is 90.9 cm³/mol. The zero-order valence-corrected chi connectivity index (χ0v) is 13.9. The Kier molecular flexibility index (Phi) is 4.59. The molecule has 112 valence electrons. The second kappa shape index (κ2) is 6.61. The lowest BCUT2D eigenvalue weighted by Gasteiger charge is -2.20. The van der Waals surface area contributed by atoms with Gasteiger partial charge in [-0.3, -0.25) is 0 Å². The maximum absolute atomic E-state index is 4.24. The Morgan fingerprint density at radius 2 is 2.19 bits per heavy atom. The number of hydrogen-bond donors (Lipinski definition) is 0. The fourth-order valence-corrected chi connectivity index (χ4v) is 5.33. The third-order valence-electron chi connectivity index (χ3n) is 4.64. The summed E-state index contributed by atoms with van der Waals surface area (Å²) in [6.45, 7) is 4.40. The molecule has 2 aromatic heterocycles. The number of nitrogens with zero attached hydrogens (tertiary/aromatic N) is 2. The number of allylic oxidation sites excluding steroid dienone is 2. The van der Waals surface area contributed by atoms with Crippen LogP contribution in [0, 0.1) is 0 Å². The summed E-state index contributed by atoms with van der Waals surface area (Å²) in [6.07, 6.45) is 16.3. The van der Waals surface area contributed by atoms with Crippen LogP contribution in [-0.2, 0) is 6.42 Å². The van der Waals surface area contributed by atoms with E-state index in [1.165, 1.54) is 37.7 Å². The van der Waals surface area contributed by atoms with Crippen LogP contribution in [0.2, 0.25) is 0 Å². The highest BCUT2D eigenvalue weighted by Crippen LogP contribution is 2.41. The van der Waals surface area contributed by atoms with E-state index in [4.69, 9.17) is 0 Å². The van der Waals surface area contributed by atoms with Crippen LogP contribution in [0.1, 0.15) is 62.3 Å². The van der Waals surface area contributed by atoms with Crippen LogP contribution in [0.5, 0.6) is 0 Å². The van der Waals surface area contributed by atoms with Gasteiger partial charge in [-0.1, -0.05) is 30.9 Å². The smallest absolute Gasteiger partial charge is 0.186 e. The van der Waals surface area contributed by atoms with E-state index in [1.54, 1.807) is 10.4 Å². The van der Waals surface area contributed by atoms with Gasteiger partial charge in [-0.15, -0.1) is 3.97 Å². The highest BCUT2D eigenvalue weighted by Gasteiger charge is 2.28. The Morgan fingerprint density at radius 1 is 1.38 bits per heavy atom. The average molecular weight is 301 g/mol. The molecular formula is C18H25N2S+. The van der Waals surface area contributed by atoms with Crippen molar-refractivity contribution in [1.29, 1.82) is 0 Å². The molecule has 1 fully saturated rings. The van der Waals surface area contributed by atoms with E-state index in [0.29, 0.717) is 0 Å². The summed E-state index contributed by atoms with van der Waals surface area (Å²) in [4.78, 5) is 5.86. The molecule has 0 amide bonds. The molecule has 0 aliphatic heterocycles. The Balaban J connectivity index is 1.99. The van der Waals surface area contributed by atoms with Crippen LogP contribution in [0.4, 0.5) is 0 Å². The molecule has 0 aromatic carbocycles. The zero-order valence-electron chi connectivity index (χ0n) is 13.1. The van der Waals surface area contributed by atoms with E-state index in [-0.39, 0.29) is 10.7 Å². The van der Waals surface area contributed by atoms with Crippen molar-refractivity contribution in [2.75, 3.05) is 0 Å². The Bertz CT molecular complexity index is 601. The molecule has 0 N–H and O–H groups in total. The largest absolute Gasteiger partial charge is 0.240 e. The van der Waals surface area contributed by atoms with Crippen LogP contribution in [0.3, 0.4) is 0 Å². The number of rotatable bonds is 4. The highest BCUT2D eigenvalue weighted by molar-refractivity contribution is 7.28. The molecule has 1 aliphatic carbocycles. The van der Waals surface area contributed by atoms with Gasteiger partial charge in [0.15, 0.2) is 10.3 Å². The van der Waals surface area contributed by atoms with Gasteiger partial charge >= 0.3 is 0 Å². The first-order valence-corrected chi connectivity index (χ1v) is 9.28. The minimum absolute atomic E-state index is 0.0611. The molecule has 2 heterocycles. The highest BCUT2D eigenvalue weighted by atomic mass is 32.2. The molecule has 0 spiro atoms. The molecule has 3 heteroatoms. The maximum atomic E-state index is 4.24. The molecule has 0 bridgehead atoms. The standard InChI is InChI=1S/C18H25N2S/c1-3-15(2)13-18-17(16-7-5-4-6-8-16)9-12-21(18)20-11-10-19-14-20/h3,9-12,14,16H,4-8,13H2,1-2H3/q+1. The van der Waals surface area contributed by atoms with Crippen molar-refractivity contribution in [2.24, 2.45) is 0 Å². The van der Waals surface area contributed by atoms with Gasteiger partial charge in [-0.2, -0.15) is 0 Å². The fourth-order valence-electron chi connectivity index (χ4n) is 3.30. The molecular weight excluding hydrogens is 276 g/mol. The molecule has 1 unspecified atom stereocenters. The lowest BCUT2D eigenvalue weighted by molar-refractivity contribution is 0.443. The molecule has 1 saturated carbocycles. The summed E-state index contributed by atoms with van der Waals surface area (Å²) in [5.41, 5.74) is 3.10. The van der Waals surface area contributed by atoms with Crippen molar-refractivity contribution in [3.8, 4) is 0 Å². The van der Waals surface area contributed by atoms with Crippen molar-refractivity contribution in [1.82, 2.24) is 8.96 Å². The lowest BCUT2D eigenvalue weighted by Crippen LogP contribution is -2.06. The van der Waals surface area contributed by atoms with Gasteiger partial charge < -0.3 is 0 Å². The first kappa shape index (κ1) is 14.6. The van der Waals surface area contributed by atoms with Crippen molar-refractivity contribution in [3.63, 3.8) is 0 Å². The normalized spacial score (nSPS) is 18.2. The molecule has 0 radical (unpaired) electrons.